The molecule has 0 aromatic carbocycles. The van der Waals surface area contributed by atoms with Gasteiger partial charge in [-0.1, -0.05) is 12.8 Å². The number of anilines is 1. The summed E-state index contributed by atoms with van der Waals surface area (Å²) in [6.45, 7) is 1.93. The van der Waals surface area contributed by atoms with Crippen molar-refractivity contribution in [2.24, 2.45) is 5.92 Å². The third-order valence-corrected chi connectivity index (χ3v) is 6.54. The highest BCUT2D eigenvalue weighted by molar-refractivity contribution is 5.87. The molecule has 5 rings (SSSR count). The summed E-state index contributed by atoms with van der Waals surface area (Å²) in [5.41, 5.74) is 0.900. The molecule has 2 aromatic rings. The molecule has 3 atom stereocenters. The molecule has 1 saturated carbocycles. The van der Waals surface area contributed by atoms with Crippen LogP contribution in [0.1, 0.15) is 38.5 Å². The van der Waals surface area contributed by atoms with E-state index in [1.54, 1.807) is 6.33 Å². The van der Waals surface area contributed by atoms with Gasteiger partial charge in [-0.25, -0.2) is 9.97 Å². The van der Waals surface area contributed by atoms with Gasteiger partial charge in [0, 0.05) is 31.4 Å². The molecule has 1 aliphatic carbocycles. The number of hydrogen-bond donors (Lipinski definition) is 1. The van der Waals surface area contributed by atoms with E-state index in [-0.39, 0.29) is 6.04 Å². The van der Waals surface area contributed by atoms with Crippen molar-refractivity contribution in [2.45, 2.75) is 56.7 Å². The van der Waals surface area contributed by atoms with Gasteiger partial charge in [-0.15, -0.1) is 0 Å². The molecule has 6 nitrogen and oxygen atoms in total. The molecular formula is C19H25N5O. The van der Waals surface area contributed by atoms with Crippen LogP contribution in [0.25, 0.3) is 11.0 Å². The lowest BCUT2D eigenvalue weighted by Crippen LogP contribution is -2.59. The van der Waals surface area contributed by atoms with Crippen molar-refractivity contribution in [3.63, 3.8) is 0 Å². The highest BCUT2D eigenvalue weighted by atomic mass is 16.1. The zero-order valence-electron chi connectivity index (χ0n) is 14.5. The maximum Gasteiger partial charge on any atom is 0.142 e. The normalized spacial score (nSPS) is 28.7. The number of aromatic nitrogens is 3. The van der Waals surface area contributed by atoms with E-state index in [9.17, 15) is 4.79 Å². The second kappa shape index (κ2) is 6.09. The van der Waals surface area contributed by atoms with Gasteiger partial charge in [0.05, 0.1) is 11.4 Å². The fourth-order valence-electron chi connectivity index (χ4n) is 5.43. The number of carbonyl (C=O) groups excluding carboxylic acids is 1. The maximum atomic E-state index is 11.9. The van der Waals surface area contributed by atoms with Gasteiger partial charge in [0.15, 0.2) is 0 Å². The molecule has 3 fully saturated rings. The lowest BCUT2D eigenvalue weighted by Gasteiger charge is -2.45. The van der Waals surface area contributed by atoms with Crippen molar-refractivity contribution in [3.05, 3.63) is 18.6 Å². The Bertz CT molecular complexity index is 754. The minimum atomic E-state index is 0.125. The molecule has 25 heavy (non-hydrogen) atoms. The van der Waals surface area contributed by atoms with Crippen molar-refractivity contribution < 1.29 is 4.79 Å². The molecule has 4 heterocycles. The number of piperazine rings is 1. The van der Waals surface area contributed by atoms with Crippen LogP contribution in [0.5, 0.6) is 0 Å². The Labute approximate surface area is 147 Å². The van der Waals surface area contributed by atoms with Gasteiger partial charge in [-0.2, -0.15) is 0 Å². The summed E-state index contributed by atoms with van der Waals surface area (Å²) < 4.78 is 0. The predicted molar refractivity (Wildman–Crippen MR) is 96.6 cm³/mol. The predicted octanol–water partition coefficient (Wildman–Crippen LogP) is 2.37. The average Bonchev–Trinajstić information content (AvgIpc) is 3.36. The van der Waals surface area contributed by atoms with E-state index in [1.165, 1.54) is 44.8 Å². The standard InChI is InChI=1S/C19H25N5O/c25-11-17(13-3-1-2-4-13)24-14-5-6-15(24)10-23(9-14)19-16-7-8-20-18(16)21-12-22-19/h7-8,11-15,17H,1-6,9-10H2,(H,20,21,22). The van der Waals surface area contributed by atoms with Crippen LogP contribution in [-0.4, -0.2) is 57.4 Å². The molecule has 0 radical (unpaired) electrons. The van der Waals surface area contributed by atoms with Crippen LogP contribution >= 0.6 is 0 Å². The van der Waals surface area contributed by atoms with Crippen LogP contribution in [-0.2, 0) is 4.79 Å². The number of aldehydes is 1. The number of H-pyrrole nitrogens is 1. The molecule has 2 aliphatic heterocycles. The fraction of sp³-hybridized carbons (Fsp3) is 0.632. The summed E-state index contributed by atoms with van der Waals surface area (Å²) in [4.78, 5) is 29.0. The van der Waals surface area contributed by atoms with E-state index in [4.69, 9.17) is 0 Å². The molecule has 6 heteroatoms. The van der Waals surface area contributed by atoms with Crippen LogP contribution in [0.4, 0.5) is 5.82 Å². The summed E-state index contributed by atoms with van der Waals surface area (Å²) >= 11 is 0. The molecule has 2 bridgehead atoms. The van der Waals surface area contributed by atoms with E-state index in [1.807, 2.05) is 6.20 Å². The first-order valence-electron chi connectivity index (χ1n) is 9.61. The minimum Gasteiger partial charge on any atom is -0.353 e. The van der Waals surface area contributed by atoms with Crippen molar-refractivity contribution in [1.29, 1.82) is 0 Å². The second-order valence-corrected chi connectivity index (χ2v) is 7.85. The molecule has 0 spiro atoms. The Morgan fingerprint density at radius 3 is 2.60 bits per heavy atom. The average molecular weight is 339 g/mol. The minimum absolute atomic E-state index is 0.125. The smallest absolute Gasteiger partial charge is 0.142 e. The Morgan fingerprint density at radius 1 is 1.12 bits per heavy atom. The summed E-state index contributed by atoms with van der Waals surface area (Å²) in [7, 11) is 0. The van der Waals surface area contributed by atoms with Gasteiger partial charge < -0.3 is 14.7 Å². The first-order valence-corrected chi connectivity index (χ1v) is 9.61. The highest BCUT2D eigenvalue weighted by Crippen LogP contribution is 2.39. The van der Waals surface area contributed by atoms with Gasteiger partial charge in [0.2, 0.25) is 0 Å². The zero-order valence-corrected chi connectivity index (χ0v) is 14.5. The van der Waals surface area contributed by atoms with E-state index >= 15 is 0 Å². The maximum absolute atomic E-state index is 11.9. The summed E-state index contributed by atoms with van der Waals surface area (Å²) in [6.07, 6.45) is 12.2. The van der Waals surface area contributed by atoms with E-state index in [0.29, 0.717) is 18.0 Å². The van der Waals surface area contributed by atoms with Crippen LogP contribution in [0.15, 0.2) is 18.6 Å². The van der Waals surface area contributed by atoms with E-state index in [0.717, 1.165) is 29.9 Å². The molecule has 132 valence electrons. The summed E-state index contributed by atoms with van der Waals surface area (Å²) in [5, 5.41) is 1.10. The van der Waals surface area contributed by atoms with Crippen molar-refractivity contribution in [2.75, 3.05) is 18.0 Å². The van der Waals surface area contributed by atoms with Gasteiger partial charge in [0.1, 0.15) is 24.1 Å². The Hall–Kier alpha value is -1.95. The molecule has 2 saturated heterocycles. The highest BCUT2D eigenvalue weighted by Gasteiger charge is 2.46. The van der Waals surface area contributed by atoms with E-state index in [2.05, 4.69) is 30.8 Å². The Morgan fingerprint density at radius 2 is 1.88 bits per heavy atom. The summed E-state index contributed by atoms with van der Waals surface area (Å²) in [5.74, 6) is 1.61. The number of nitrogens with zero attached hydrogens (tertiary/aromatic N) is 4. The largest absolute Gasteiger partial charge is 0.353 e. The lowest BCUT2D eigenvalue weighted by molar-refractivity contribution is -0.115. The molecule has 0 amide bonds. The number of fused-ring (bicyclic) bond motifs is 3. The summed E-state index contributed by atoms with van der Waals surface area (Å²) in [6, 6.07) is 3.13. The lowest BCUT2D eigenvalue weighted by atomic mass is 9.95. The van der Waals surface area contributed by atoms with E-state index < -0.39 is 0 Å². The zero-order chi connectivity index (χ0) is 16.8. The Balaban J connectivity index is 1.41. The van der Waals surface area contributed by atoms with Crippen molar-refractivity contribution in [1.82, 2.24) is 19.9 Å². The van der Waals surface area contributed by atoms with Crippen LogP contribution in [0.2, 0.25) is 0 Å². The topological polar surface area (TPSA) is 65.1 Å². The molecule has 3 unspecified atom stereocenters. The van der Waals surface area contributed by atoms with Crippen LogP contribution in [0.3, 0.4) is 0 Å². The Kier molecular flexibility index (Phi) is 3.73. The van der Waals surface area contributed by atoms with Gasteiger partial charge in [-0.05, 0) is 37.7 Å². The molecule has 3 aliphatic rings. The first kappa shape index (κ1) is 15.3. The monoisotopic (exact) mass is 339 g/mol. The molecular weight excluding hydrogens is 314 g/mol. The molecule has 1 N–H and O–H groups in total. The first-order chi connectivity index (χ1) is 12.3. The third kappa shape index (κ3) is 2.46. The van der Waals surface area contributed by atoms with Gasteiger partial charge in [-0.3, -0.25) is 4.90 Å². The number of rotatable bonds is 4. The number of carbonyl (C=O) groups is 1. The molecule has 2 aromatic heterocycles. The van der Waals surface area contributed by atoms with Crippen molar-refractivity contribution in [3.8, 4) is 0 Å². The van der Waals surface area contributed by atoms with Crippen LogP contribution in [0, 0.1) is 5.92 Å². The van der Waals surface area contributed by atoms with Crippen LogP contribution < -0.4 is 4.90 Å². The SMILES string of the molecule is O=CC(C1CCCC1)N1C2CCC1CN(c1ncnc3[nH]ccc13)C2. The van der Waals surface area contributed by atoms with Crippen molar-refractivity contribution >= 4 is 23.1 Å². The fourth-order valence-corrected chi connectivity index (χ4v) is 5.43. The van der Waals surface area contributed by atoms with Gasteiger partial charge in [0.25, 0.3) is 0 Å². The number of aromatic amines is 1. The van der Waals surface area contributed by atoms with Gasteiger partial charge >= 0.3 is 0 Å². The third-order valence-electron chi connectivity index (χ3n) is 6.54. The number of hydrogen-bond acceptors (Lipinski definition) is 5. The second-order valence-electron chi connectivity index (χ2n) is 7.85. The quantitative estimate of drug-likeness (QED) is 0.867. The number of nitrogens with one attached hydrogen (secondary N) is 1.